The Morgan fingerprint density at radius 1 is 0.969 bits per heavy atom. The van der Waals surface area contributed by atoms with Crippen molar-refractivity contribution in [2.24, 2.45) is 0 Å². The van der Waals surface area contributed by atoms with Crippen LogP contribution in [0.15, 0.2) is 81.9 Å². The highest BCUT2D eigenvalue weighted by atomic mass is 16.5. The number of hydrogen-bond acceptors (Lipinski definition) is 6. The molecule has 0 radical (unpaired) electrons. The number of ether oxygens (including phenoxy) is 1. The molecule has 0 fully saturated rings. The van der Waals surface area contributed by atoms with E-state index in [4.69, 9.17) is 13.7 Å². The molecule has 2 amide bonds. The highest BCUT2D eigenvalue weighted by molar-refractivity contribution is 6.04. The van der Waals surface area contributed by atoms with E-state index in [2.05, 4.69) is 15.8 Å². The molecule has 2 aromatic carbocycles. The summed E-state index contributed by atoms with van der Waals surface area (Å²) in [5, 5.41) is 9.31. The second-order valence-corrected chi connectivity index (χ2v) is 7.08. The van der Waals surface area contributed by atoms with Gasteiger partial charge in [-0.25, -0.2) is 0 Å². The van der Waals surface area contributed by atoms with Gasteiger partial charge in [-0.05, 0) is 55.5 Å². The van der Waals surface area contributed by atoms with Gasteiger partial charge in [0.05, 0.1) is 12.8 Å². The summed E-state index contributed by atoms with van der Waals surface area (Å²) in [5.41, 5.74) is 2.43. The molecule has 32 heavy (non-hydrogen) atoms. The highest BCUT2D eigenvalue weighted by Gasteiger charge is 2.13. The molecule has 0 aliphatic rings. The van der Waals surface area contributed by atoms with E-state index in [-0.39, 0.29) is 30.7 Å². The zero-order valence-corrected chi connectivity index (χ0v) is 17.3. The van der Waals surface area contributed by atoms with Crippen molar-refractivity contribution in [2.45, 2.75) is 20.1 Å². The van der Waals surface area contributed by atoms with Crippen molar-refractivity contribution >= 4 is 17.5 Å². The van der Waals surface area contributed by atoms with Gasteiger partial charge >= 0.3 is 0 Å². The van der Waals surface area contributed by atoms with Crippen molar-refractivity contribution in [3.8, 4) is 5.75 Å². The van der Waals surface area contributed by atoms with Gasteiger partial charge in [0.1, 0.15) is 18.1 Å². The van der Waals surface area contributed by atoms with Crippen LogP contribution in [0.1, 0.15) is 37.9 Å². The Balaban J connectivity index is 1.27. The summed E-state index contributed by atoms with van der Waals surface area (Å²) in [6.07, 6.45) is 1.54. The van der Waals surface area contributed by atoms with Crippen LogP contribution in [-0.2, 0) is 13.2 Å². The Bertz CT molecular complexity index is 1200. The van der Waals surface area contributed by atoms with Crippen LogP contribution in [-0.4, -0.2) is 17.0 Å². The average molecular weight is 431 g/mol. The van der Waals surface area contributed by atoms with Gasteiger partial charge < -0.3 is 24.3 Å². The molecule has 0 atom stereocenters. The number of rotatable bonds is 8. The molecule has 4 aromatic rings. The van der Waals surface area contributed by atoms with Gasteiger partial charge in [0.2, 0.25) is 0 Å². The molecule has 0 unspecified atom stereocenters. The predicted molar refractivity (Wildman–Crippen MR) is 116 cm³/mol. The molecule has 162 valence electrons. The molecule has 0 bridgehead atoms. The second-order valence-electron chi connectivity index (χ2n) is 7.08. The third-order valence-corrected chi connectivity index (χ3v) is 4.57. The molecule has 0 saturated heterocycles. The molecule has 0 aliphatic heterocycles. The van der Waals surface area contributed by atoms with Crippen molar-refractivity contribution in [3.63, 3.8) is 0 Å². The van der Waals surface area contributed by atoms with Crippen molar-refractivity contribution in [1.82, 2.24) is 10.5 Å². The third-order valence-electron chi connectivity index (χ3n) is 4.57. The van der Waals surface area contributed by atoms with Crippen LogP contribution in [0.3, 0.4) is 0 Å². The van der Waals surface area contributed by atoms with Crippen LogP contribution >= 0.6 is 0 Å². The van der Waals surface area contributed by atoms with Crippen molar-refractivity contribution in [1.29, 1.82) is 0 Å². The maximum absolute atomic E-state index is 12.3. The van der Waals surface area contributed by atoms with Crippen LogP contribution < -0.4 is 15.4 Å². The molecule has 0 spiro atoms. The van der Waals surface area contributed by atoms with E-state index in [1.54, 1.807) is 42.5 Å². The number of aryl methyl sites for hydroxylation is 1. The first-order chi connectivity index (χ1) is 15.6. The first-order valence-corrected chi connectivity index (χ1v) is 9.94. The molecule has 0 saturated carbocycles. The second kappa shape index (κ2) is 9.65. The van der Waals surface area contributed by atoms with Gasteiger partial charge in [-0.2, -0.15) is 0 Å². The lowest BCUT2D eigenvalue weighted by Gasteiger charge is -2.08. The summed E-state index contributed by atoms with van der Waals surface area (Å²) in [5.74, 6) is 1.08. The number of benzene rings is 2. The molecule has 2 N–H and O–H groups in total. The van der Waals surface area contributed by atoms with Gasteiger partial charge in [-0.3, -0.25) is 9.59 Å². The number of hydrogen-bond donors (Lipinski definition) is 2. The Labute approximate surface area is 184 Å². The van der Waals surface area contributed by atoms with Crippen LogP contribution in [0.2, 0.25) is 0 Å². The summed E-state index contributed by atoms with van der Waals surface area (Å²) in [6, 6.07) is 19.4. The number of aromatic nitrogens is 1. The summed E-state index contributed by atoms with van der Waals surface area (Å²) in [6.45, 7) is 2.30. The number of nitrogens with one attached hydrogen (secondary N) is 2. The fourth-order valence-electron chi connectivity index (χ4n) is 2.94. The zero-order valence-electron chi connectivity index (χ0n) is 17.3. The third kappa shape index (κ3) is 5.42. The monoisotopic (exact) mass is 431 g/mol. The van der Waals surface area contributed by atoms with Crippen LogP contribution in [0, 0.1) is 6.92 Å². The topological polar surface area (TPSA) is 107 Å². The van der Waals surface area contributed by atoms with E-state index in [0.717, 1.165) is 5.56 Å². The maximum Gasteiger partial charge on any atom is 0.273 e. The van der Waals surface area contributed by atoms with Gasteiger partial charge in [0, 0.05) is 17.3 Å². The maximum atomic E-state index is 12.3. The van der Waals surface area contributed by atoms with Gasteiger partial charge in [-0.1, -0.05) is 22.9 Å². The molecule has 0 aliphatic carbocycles. The number of carbonyl (C=O) groups excluding carboxylic acids is 2. The highest BCUT2D eigenvalue weighted by Crippen LogP contribution is 2.18. The van der Waals surface area contributed by atoms with Gasteiger partial charge in [0.15, 0.2) is 11.5 Å². The lowest BCUT2D eigenvalue weighted by Crippen LogP contribution is -2.22. The van der Waals surface area contributed by atoms with Crippen molar-refractivity contribution in [2.75, 3.05) is 5.32 Å². The Morgan fingerprint density at radius 2 is 1.81 bits per heavy atom. The molecule has 8 heteroatoms. The SMILES string of the molecule is Cc1cccc(C(=O)Nc2ccc(OCc3cc(C(=O)NCc4ccco4)no3)cc2)c1. The van der Waals surface area contributed by atoms with E-state index in [0.29, 0.717) is 28.5 Å². The fourth-order valence-corrected chi connectivity index (χ4v) is 2.94. The predicted octanol–water partition coefficient (Wildman–Crippen LogP) is 4.34. The number of nitrogens with zero attached hydrogens (tertiary/aromatic N) is 1. The molecule has 2 aromatic heterocycles. The minimum atomic E-state index is -0.370. The summed E-state index contributed by atoms with van der Waals surface area (Å²) in [4.78, 5) is 24.5. The zero-order chi connectivity index (χ0) is 22.3. The van der Waals surface area contributed by atoms with Crippen LogP contribution in [0.25, 0.3) is 0 Å². The summed E-state index contributed by atoms with van der Waals surface area (Å²) < 4.78 is 16.0. The Hall–Kier alpha value is -4.33. The fraction of sp³-hybridized carbons (Fsp3) is 0.125. The Kier molecular flexibility index (Phi) is 6.31. The smallest absolute Gasteiger partial charge is 0.273 e. The minimum Gasteiger partial charge on any atom is -0.486 e. The van der Waals surface area contributed by atoms with E-state index in [1.165, 1.54) is 12.3 Å². The summed E-state index contributed by atoms with van der Waals surface area (Å²) in [7, 11) is 0. The largest absolute Gasteiger partial charge is 0.486 e. The van der Waals surface area contributed by atoms with Crippen LogP contribution in [0.4, 0.5) is 5.69 Å². The molecule has 4 rings (SSSR count). The standard InChI is InChI=1S/C24H21N3O5/c1-16-4-2-5-17(12-16)23(28)26-18-7-9-19(10-8-18)31-15-21-13-22(27-32-21)24(29)25-14-20-6-3-11-30-20/h2-13H,14-15H2,1H3,(H,25,29)(H,26,28). The lowest BCUT2D eigenvalue weighted by molar-refractivity contribution is 0.0938. The molecule has 2 heterocycles. The van der Waals surface area contributed by atoms with Gasteiger partial charge in [0.25, 0.3) is 11.8 Å². The minimum absolute atomic E-state index is 0.105. The van der Waals surface area contributed by atoms with E-state index in [9.17, 15) is 9.59 Å². The van der Waals surface area contributed by atoms with E-state index < -0.39 is 0 Å². The molecular formula is C24H21N3O5. The van der Waals surface area contributed by atoms with Crippen molar-refractivity contribution in [3.05, 3.63) is 101 Å². The summed E-state index contributed by atoms with van der Waals surface area (Å²) >= 11 is 0. The quantitative estimate of drug-likeness (QED) is 0.430. The Morgan fingerprint density at radius 3 is 2.56 bits per heavy atom. The number of carbonyl (C=O) groups is 2. The first-order valence-electron chi connectivity index (χ1n) is 9.94. The molecule has 8 nitrogen and oxygen atoms in total. The number of anilines is 1. The average Bonchev–Trinajstić information content (AvgIpc) is 3.49. The normalized spacial score (nSPS) is 10.5. The first kappa shape index (κ1) is 20.9. The van der Waals surface area contributed by atoms with Crippen molar-refractivity contribution < 1.29 is 23.3 Å². The molecular weight excluding hydrogens is 410 g/mol. The number of furan rings is 1. The van der Waals surface area contributed by atoms with Crippen LogP contribution in [0.5, 0.6) is 5.75 Å². The lowest BCUT2D eigenvalue weighted by atomic mass is 10.1. The van der Waals surface area contributed by atoms with E-state index >= 15 is 0 Å². The van der Waals surface area contributed by atoms with E-state index in [1.807, 2.05) is 25.1 Å². The van der Waals surface area contributed by atoms with Gasteiger partial charge in [-0.15, -0.1) is 0 Å². The number of amides is 2.